The second-order valence-corrected chi connectivity index (χ2v) is 14.4. The number of phenols is 1. The fraction of sp³-hybridized carbons (Fsp3) is 0.261. The van der Waals surface area contributed by atoms with Crippen molar-refractivity contribution in [3.05, 3.63) is 65.1 Å². The van der Waals surface area contributed by atoms with E-state index < -0.39 is 25.7 Å². The first-order valence-electron chi connectivity index (χ1n) is 10.0. The molecule has 1 aliphatic heterocycles. The van der Waals surface area contributed by atoms with E-state index in [0.29, 0.717) is 17.6 Å². The standard InChI is InChI=1S/C23H23FN2O4Si/c1-31(2,3)12-11-30-21-16-5-4-10-25-19(16)20(27)17-18(21)23(29)26(22(17)28)13-14-6-8-15(24)9-7-14/h4-10,27H,11-13H2,1-3H3. The lowest BCUT2D eigenvalue weighted by Crippen LogP contribution is -2.29. The minimum Gasteiger partial charge on any atom is -0.505 e. The summed E-state index contributed by atoms with van der Waals surface area (Å²) in [6.07, 6.45) is 1.51. The van der Waals surface area contributed by atoms with Gasteiger partial charge in [-0.1, -0.05) is 31.8 Å². The van der Waals surface area contributed by atoms with Gasteiger partial charge in [0.1, 0.15) is 22.6 Å². The van der Waals surface area contributed by atoms with Crippen molar-refractivity contribution in [3.63, 3.8) is 0 Å². The van der Waals surface area contributed by atoms with Crippen molar-refractivity contribution in [2.45, 2.75) is 32.2 Å². The number of aromatic hydroxyl groups is 1. The van der Waals surface area contributed by atoms with E-state index in [1.807, 2.05) is 0 Å². The number of benzene rings is 2. The highest BCUT2D eigenvalue weighted by Crippen LogP contribution is 2.44. The number of fused-ring (bicyclic) bond motifs is 2. The van der Waals surface area contributed by atoms with Crippen molar-refractivity contribution in [2.24, 2.45) is 0 Å². The van der Waals surface area contributed by atoms with Crippen LogP contribution in [0.25, 0.3) is 10.9 Å². The summed E-state index contributed by atoms with van der Waals surface area (Å²) in [5, 5.41) is 11.3. The number of hydrogen-bond donors (Lipinski definition) is 1. The number of amides is 2. The van der Waals surface area contributed by atoms with E-state index in [4.69, 9.17) is 4.74 Å². The number of rotatable bonds is 6. The molecule has 0 radical (unpaired) electrons. The maximum atomic E-state index is 13.3. The van der Waals surface area contributed by atoms with Gasteiger partial charge in [0.05, 0.1) is 18.7 Å². The van der Waals surface area contributed by atoms with Crippen LogP contribution in [-0.2, 0) is 6.54 Å². The van der Waals surface area contributed by atoms with Gasteiger partial charge in [-0.3, -0.25) is 19.5 Å². The molecule has 0 spiro atoms. The Hall–Kier alpha value is -3.26. The molecule has 1 aromatic heterocycles. The van der Waals surface area contributed by atoms with Crippen LogP contribution in [-0.4, -0.2) is 41.5 Å². The van der Waals surface area contributed by atoms with E-state index in [-0.39, 0.29) is 34.7 Å². The Bertz CT molecular complexity index is 1190. The molecular formula is C23H23FN2O4Si. The number of aromatic nitrogens is 1. The summed E-state index contributed by atoms with van der Waals surface area (Å²) in [7, 11) is -1.40. The number of hydrogen-bond acceptors (Lipinski definition) is 5. The van der Waals surface area contributed by atoms with Gasteiger partial charge in [0.25, 0.3) is 11.8 Å². The molecule has 0 aliphatic carbocycles. The van der Waals surface area contributed by atoms with Gasteiger partial charge in [-0.2, -0.15) is 0 Å². The zero-order valence-electron chi connectivity index (χ0n) is 17.6. The molecule has 8 heteroatoms. The van der Waals surface area contributed by atoms with E-state index in [1.54, 1.807) is 12.1 Å². The third-order valence-corrected chi connectivity index (χ3v) is 6.97. The van der Waals surface area contributed by atoms with E-state index >= 15 is 0 Å². The van der Waals surface area contributed by atoms with Gasteiger partial charge in [0, 0.05) is 19.7 Å². The minimum absolute atomic E-state index is 0.0375. The Kier molecular flexibility index (Phi) is 5.26. The van der Waals surface area contributed by atoms with Gasteiger partial charge in [-0.25, -0.2) is 4.39 Å². The average molecular weight is 439 g/mol. The number of pyridine rings is 1. The Morgan fingerprint density at radius 3 is 2.42 bits per heavy atom. The van der Waals surface area contributed by atoms with Crippen LogP contribution in [0.2, 0.25) is 25.7 Å². The van der Waals surface area contributed by atoms with E-state index in [9.17, 15) is 19.1 Å². The highest BCUT2D eigenvalue weighted by atomic mass is 28.3. The van der Waals surface area contributed by atoms with Crippen LogP contribution in [0.3, 0.4) is 0 Å². The predicted octanol–water partition coefficient (Wildman–Crippen LogP) is 4.59. The third-order valence-electron chi connectivity index (χ3n) is 5.26. The summed E-state index contributed by atoms with van der Waals surface area (Å²) in [6, 6.07) is 9.85. The second kappa shape index (κ2) is 7.77. The summed E-state index contributed by atoms with van der Waals surface area (Å²) >= 11 is 0. The van der Waals surface area contributed by atoms with Crippen molar-refractivity contribution in [3.8, 4) is 11.5 Å². The van der Waals surface area contributed by atoms with Gasteiger partial charge in [0.15, 0.2) is 5.75 Å². The first-order chi connectivity index (χ1) is 14.7. The maximum absolute atomic E-state index is 13.3. The van der Waals surface area contributed by atoms with Crippen molar-refractivity contribution in [1.29, 1.82) is 0 Å². The predicted molar refractivity (Wildman–Crippen MR) is 118 cm³/mol. The molecule has 0 unspecified atom stereocenters. The number of imide groups is 1. The summed E-state index contributed by atoms with van der Waals surface area (Å²) < 4.78 is 19.3. The Morgan fingerprint density at radius 2 is 1.74 bits per heavy atom. The van der Waals surface area contributed by atoms with E-state index in [0.717, 1.165) is 10.9 Å². The third kappa shape index (κ3) is 3.90. The number of nitrogens with zero attached hydrogens (tertiary/aromatic N) is 2. The van der Waals surface area contributed by atoms with Crippen molar-refractivity contribution in [1.82, 2.24) is 9.88 Å². The fourth-order valence-electron chi connectivity index (χ4n) is 3.56. The average Bonchev–Trinajstić information content (AvgIpc) is 2.96. The van der Waals surface area contributed by atoms with Gasteiger partial charge in [-0.05, 0) is 35.9 Å². The van der Waals surface area contributed by atoms with Crippen LogP contribution in [0.5, 0.6) is 11.5 Å². The van der Waals surface area contributed by atoms with Crippen molar-refractivity contribution >= 4 is 30.8 Å². The molecule has 4 rings (SSSR count). The second-order valence-electron chi connectivity index (χ2n) is 8.81. The monoisotopic (exact) mass is 438 g/mol. The molecule has 0 saturated heterocycles. The molecule has 6 nitrogen and oxygen atoms in total. The lowest BCUT2D eigenvalue weighted by atomic mass is 10.0. The molecule has 3 aromatic rings. The van der Waals surface area contributed by atoms with E-state index in [2.05, 4.69) is 24.6 Å². The molecule has 31 heavy (non-hydrogen) atoms. The number of carbonyl (C=O) groups excluding carboxylic acids is 2. The molecule has 0 bridgehead atoms. The molecule has 2 aromatic carbocycles. The van der Waals surface area contributed by atoms with Gasteiger partial charge >= 0.3 is 0 Å². The number of carbonyl (C=O) groups is 2. The number of halogens is 1. The van der Waals surface area contributed by atoms with Crippen LogP contribution in [0.15, 0.2) is 42.6 Å². The topological polar surface area (TPSA) is 79.7 Å². The molecule has 0 atom stereocenters. The SMILES string of the molecule is C[Si](C)(C)CCOc1c2c(c(O)c3ncccc13)C(=O)N(Cc1ccc(F)cc1)C2=O. The Labute approximate surface area is 180 Å². The van der Waals surface area contributed by atoms with Crippen LogP contribution >= 0.6 is 0 Å². The quantitative estimate of drug-likeness (QED) is 0.450. The molecule has 0 saturated carbocycles. The summed E-state index contributed by atoms with van der Waals surface area (Å²) in [5.41, 5.74) is 0.773. The van der Waals surface area contributed by atoms with Crippen molar-refractivity contribution in [2.75, 3.05) is 6.61 Å². The molecule has 0 fully saturated rings. The number of phenolic OH excluding ortho intramolecular Hbond substituents is 1. The smallest absolute Gasteiger partial charge is 0.265 e. The van der Waals surface area contributed by atoms with Crippen LogP contribution in [0.4, 0.5) is 4.39 Å². The molecule has 1 aliphatic rings. The highest BCUT2D eigenvalue weighted by molar-refractivity contribution is 6.76. The fourth-order valence-corrected chi connectivity index (χ4v) is 4.28. The zero-order chi connectivity index (χ0) is 22.3. The summed E-state index contributed by atoms with van der Waals surface area (Å²) in [6.45, 7) is 7.02. The van der Waals surface area contributed by atoms with Crippen LogP contribution in [0, 0.1) is 5.82 Å². The largest absolute Gasteiger partial charge is 0.505 e. The van der Waals surface area contributed by atoms with E-state index in [1.165, 1.54) is 30.5 Å². The van der Waals surface area contributed by atoms with Gasteiger partial charge in [-0.15, -0.1) is 0 Å². The normalized spacial score (nSPS) is 13.7. The molecular weight excluding hydrogens is 415 g/mol. The molecule has 2 amide bonds. The number of ether oxygens (including phenoxy) is 1. The Morgan fingerprint density at radius 1 is 1.06 bits per heavy atom. The first kappa shape index (κ1) is 21.0. The van der Waals surface area contributed by atoms with Crippen LogP contribution < -0.4 is 4.74 Å². The molecule has 160 valence electrons. The maximum Gasteiger partial charge on any atom is 0.265 e. The summed E-state index contributed by atoms with van der Waals surface area (Å²) in [4.78, 5) is 31.7. The van der Waals surface area contributed by atoms with Crippen LogP contribution in [0.1, 0.15) is 26.3 Å². The van der Waals surface area contributed by atoms with Gasteiger partial charge in [0.2, 0.25) is 0 Å². The highest BCUT2D eigenvalue weighted by Gasteiger charge is 2.42. The molecule has 1 N–H and O–H groups in total. The first-order valence-corrected chi connectivity index (χ1v) is 13.7. The van der Waals surface area contributed by atoms with Gasteiger partial charge < -0.3 is 9.84 Å². The lowest BCUT2D eigenvalue weighted by Gasteiger charge is -2.18. The molecule has 2 heterocycles. The zero-order valence-corrected chi connectivity index (χ0v) is 18.6. The van der Waals surface area contributed by atoms with Crippen molar-refractivity contribution < 1.29 is 23.8 Å². The Balaban J connectivity index is 1.79. The minimum atomic E-state index is -1.40. The summed E-state index contributed by atoms with van der Waals surface area (Å²) in [5.74, 6) is -1.63. The lowest BCUT2D eigenvalue weighted by molar-refractivity contribution is 0.0640.